The largest absolute Gasteiger partial charge is 0.494 e. The second kappa shape index (κ2) is 12.6. The number of carbonyl (C=O) groups excluding carboxylic acids is 2. The number of thiocarbonyl (C=S) groups is 1. The van der Waals surface area contributed by atoms with Crippen LogP contribution in [0.15, 0.2) is 48.5 Å². The Labute approximate surface area is 183 Å². The number of ether oxygens (including phenoxy) is 1. The molecule has 0 unspecified atom stereocenters. The lowest BCUT2D eigenvalue weighted by molar-refractivity contribution is -0.115. The van der Waals surface area contributed by atoms with Gasteiger partial charge < -0.3 is 15.4 Å². The molecule has 0 radical (unpaired) electrons. The predicted octanol–water partition coefficient (Wildman–Crippen LogP) is 5.12. The number of nitrogens with one attached hydrogen (secondary N) is 3. The van der Waals surface area contributed by atoms with Crippen molar-refractivity contribution < 1.29 is 14.3 Å². The molecule has 2 rings (SSSR count). The summed E-state index contributed by atoms with van der Waals surface area (Å²) in [6.45, 7) is 4.64. The van der Waals surface area contributed by atoms with Crippen LogP contribution in [0, 0.1) is 0 Å². The Morgan fingerprint density at radius 3 is 2.30 bits per heavy atom. The maximum atomic E-state index is 12.4. The van der Waals surface area contributed by atoms with E-state index in [0.29, 0.717) is 30.0 Å². The highest BCUT2D eigenvalue weighted by Crippen LogP contribution is 2.16. The topological polar surface area (TPSA) is 79.5 Å². The Balaban J connectivity index is 1.83. The van der Waals surface area contributed by atoms with Crippen LogP contribution in [0.25, 0.3) is 0 Å². The molecule has 0 saturated carbocycles. The lowest BCUT2D eigenvalue weighted by Gasteiger charge is -2.11. The minimum Gasteiger partial charge on any atom is -0.494 e. The van der Waals surface area contributed by atoms with Gasteiger partial charge in [-0.15, -0.1) is 0 Å². The fourth-order valence-corrected chi connectivity index (χ4v) is 2.89. The molecule has 0 spiro atoms. The van der Waals surface area contributed by atoms with Gasteiger partial charge in [-0.05, 0) is 61.1 Å². The number of amides is 2. The first-order valence-corrected chi connectivity index (χ1v) is 10.7. The fourth-order valence-electron chi connectivity index (χ4n) is 2.68. The minimum absolute atomic E-state index is 0.0728. The molecule has 2 aromatic carbocycles. The fraction of sp³-hybridized carbons (Fsp3) is 0.348. The van der Waals surface area contributed by atoms with Crippen molar-refractivity contribution in [2.75, 3.05) is 17.2 Å². The number of rotatable bonds is 10. The minimum atomic E-state index is -0.308. The van der Waals surface area contributed by atoms with Crippen molar-refractivity contribution in [3.05, 3.63) is 54.1 Å². The summed E-state index contributed by atoms with van der Waals surface area (Å²) in [4.78, 5) is 23.9. The average Bonchev–Trinajstić information content (AvgIpc) is 2.74. The molecule has 0 saturated heterocycles. The summed E-state index contributed by atoms with van der Waals surface area (Å²) in [6, 6.07) is 14.1. The van der Waals surface area contributed by atoms with Gasteiger partial charge in [0.2, 0.25) is 5.91 Å². The molecule has 0 aromatic heterocycles. The molecule has 0 bridgehead atoms. The maximum Gasteiger partial charge on any atom is 0.257 e. The van der Waals surface area contributed by atoms with Crippen molar-refractivity contribution in [1.29, 1.82) is 0 Å². The molecule has 0 heterocycles. The Hall–Kier alpha value is -2.93. The molecular weight excluding hydrogens is 398 g/mol. The SMILES string of the molecule is CCCCCCOc1ccc(C(=O)NC(=S)Nc2cccc(NC(=O)CC)c2)cc1. The van der Waals surface area contributed by atoms with Crippen LogP contribution in [-0.4, -0.2) is 23.5 Å². The Morgan fingerprint density at radius 1 is 0.933 bits per heavy atom. The lowest BCUT2D eigenvalue weighted by Crippen LogP contribution is -2.34. The van der Waals surface area contributed by atoms with Gasteiger partial charge in [-0.1, -0.05) is 39.2 Å². The zero-order valence-electron chi connectivity index (χ0n) is 17.5. The molecule has 0 fully saturated rings. The van der Waals surface area contributed by atoms with Crippen LogP contribution in [0.5, 0.6) is 5.75 Å². The molecule has 2 aromatic rings. The summed E-state index contributed by atoms with van der Waals surface area (Å²) in [6.07, 6.45) is 5.00. The smallest absolute Gasteiger partial charge is 0.257 e. The summed E-state index contributed by atoms with van der Waals surface area (Å²) in [5.41, 5.74) is 1.81. The van der Waals surface area contributed by atoms with Gasteiger partial charge in [0.1, 0.15) is 5.75 Å². The van der Waals surface area contributed by atoms with Crippen molar-refractivity contribution in [3.63, 3.8) is 0 Å². The summed E-state index contributed by atoms with van der Waals surface area (Å²) in [5, 5.41) is 8.57. The number of hydrogen-bond donors (Lipinski definition) is 3. The van der Waals surface area contributed by atoms with E-state index in [-0.39, 0.29) is 16.9 Å². The van der Waals surface area contributed by atoms with Gasteiger partial charge >= 0.3 is 0 Å². The van der Waals surface area contributed by atoms with Gasteiger partial charge in [0.15, 0.2) is 5.11 Å². The van der Waals surface area contributed by atoms with Crippen molar-refractivity contribution in [1.82, 2.24) is 5.32 Å². The Morgan fingerprint density at radius 2 is 1.63 bits per heavy atom. The summed E-state index contributed by atoms with van der Waals surface area (Å²) in [7, 11) is 0. The van der Waals surface area contributed by atoms with Gasteiger partial charge in [-0.3, -0.25) is 14.9 Å². The maximum absolute atomic E-state index is 12.4. The highest BCUT2D eigenvalue weighted by Gasteiger charge is 2.09. The molecule has 30 heavy (non-hydrogen) atoms. The first-order valence-electron chi connectivity index (χ1n) is 10.3. The third-order valence-corrected chi connectivity index (χ3v) is 4.54. The monoisotopic (exact) mass is 427 g/mol. The standard InChI is InChI=1S/C23H29N3O3S/c1-3-5-6-7-15-29-20-13-11-17(12-14-20)22(28)26-23(30)25-19-10-8-9-18(16-19)24-21(27)4-2/h8-14,16H,3-7,15H2,1-2H3,(H,24,27)(H2,25,26,28,30). The number of carbonyl (C=O) groups is 2. The zero-order chi connectivity index (χ0) is 21.8. The summed E-state index contributed by atoms with van der Waals surface area (Å²) < 4.78 is 5.69. The first kappa shape index (κ1) is 23.3. The second-order valence-electron chi connectivity index (χ2n) is 6.82. The van der Waals surface area contributed by atoms with E-state index < -0.39 is 0 Å². The summed E-state index contributed by atoms with van der Waals surface area (Å²) >= 11 is 5.23. The van der Waals surface area contributed by atoms with Crippen LogP contribution >= 0.6 is 12.2 Å². The van der Waals surface area contributed by atoms with E-state index in [1.165, 1.54) is 12.8 Å². The Kier molecular flexibility index (Phi) is 9.80. The number of unbranched alkanes of at least 4 members (excludes halogenated alkanes) is 3. The number of hydrogen-bond acceptors (Lipinski definition) is 4. The highest BCUT2D eigenvalue weighted by atomic mass is 32.1. The van der Waals surface area contributed by atoms with E-state index in [9.17, 15) is 9.59 Å². The molecule has 0 aliphatic carbocycles. The lowest BCUT2D eigenvalue weighted by atomic mass is 10.2. The average molecular weight is 428 g/mol. The van der Waals surface area contributed by atoms with E-state index >= 15 is 0 Å². The van der Waals surface area contributed by atoms with Crippen LogP contribution in [0.2, 0.25) is 0 Å². The van der Waals surface area contributed by atoms with Crippen molar-refractivity contribution in [2.45, 2.75) is 46.0 Å². The van der Waals surface area contributed by atoms with E-state index in [1.54, 1.807) is 55.5 Å². The van der Waals surface area contributed by atoms with Crippen molar-refractivity contribution in [2.24, 2.45) is 0 Å². The Bertz CT molecular complexity index is 853. The van der Waals surface area contributed by atoms with Gasteiger partial charge in [-0.2, -0.15) is 0 Å². The summed E-state index contributed by atoms with van der Waals surface area (Å²) in [5.74, 6) is 0.364. The second-order valence-corrected chi connectivity index (χ2v) is 7.23. The zero-order valence-corrected chi connectivity index (χ0v) is 18.3. The van der Waals surface area contributed by atoms with Gasteiger partial charge in [-0.25, -0.2) is 0 Å². The number of anilines is 2. The van der Waals surface area contributed by atoms with E-state index in [2.05, 4.69) is 22.9 Å². The quantitative estimate of drug-likeness (QED) is 0.362. The first-order chi connectivity index (χ1) is 14.5. The molecule has 0 aliphatic rings. The molecule has 160 valence electrons. The van der Waals surface area contributed by atoms with E-state index in [0.717, 1.165) is 18.6 Å². The third kappa shape index (κ3) is 8.21. The molecule has 6 nitrogen and oxygen atoms in total. The van der Waals surface area contributed by atoms with Crippen LogP contribution in [0.4, 0.5) is 11.4 Å². The van der Waals surface area contributed by atoms with Crippen LogP contribution in [0.1, 0.15) is 56.3 Å². The van der Waals surface area contributed by atoms with Crippen LogP contribution < -0.4 is 20.7 Å². The number of benzene rings is 2. The van der Waals surface area contributed by atoms with Crippen LogP contribution in [0.3, 0.4) is 0 Å². The van der Waals surface area contributed by atoms with Crippen molar-refractivity contribution in [3.8, 4) is 5.75 Å². The van der Waals surface area contributed by atoms with E-state index in [1.807, 2.05) is 0 Å². The molecule has 0 aliphatic heterocycles. The van der Waals surface area contributed by atoms with Gasteiger partial charge in [0.25, 0.3) is 5.91 Å². The molecule has 0 atom stereocenters. The third-order valence-electron chi connectivity index (χ3n) is 4.34. The molecule has 7 heteroatoms. The predicted molar refractivity (Wildman–Crippen MR) is 125 cm³/mol. The normalized spacial score (nSPS) is 10.2. The molecular formula is C23H29N3O3S. The van der Waals surface area contributed by atoms with Gasteiger partial charge in [0.05, 0.1) is 6.61 Å². The van der Waals surface area contributed by atoms with E-state index in [4.69, 9.17) is 17.0 Å². The van der Waals surface area contributed by atoms with Crippen molar-refractivity contribution >= 4 is 40.5 Å². The molecule has 3 N–H and O–H groups in total. The molecule has 2 amide bonds. The van der Waals surface area contributed by atoms with Crippen LogP contribution in [-0.2, 0) is 4.79 Å². The highest BCUT2D eigenvalue weighted by molar-refractivity contribution is 7.80. The van der Waals surface area contributed by atoms with Gasteiger partial charge in [0, 0.05) is 23.4 Å².